The Morgan fingerprint density at radius 1 is 1.22 bits per heavy atom. The van der Waals surface area contributed by atoms with Crippen LogP contribution in [0.15, 0.2) is 60.9 Å². The summed E-state index contributed by atoms with van der Waals surface area (Å²) < 4.78 is 11.7. The molecule has 0 amide bonds. The fourth-order valence-electron chi connectivity index (χ4n) is 3.77. The number of rotatable bonds is 8. The minimum atomic E-state index is -0.977. The molecule has 2 aromatic carbocycles. The largest absolute Gasteiger partial charge is 0.493 e. The van der Waals surface area contributed by atoms with Gasteiger partial charge in [-0.05, 0) is 50.2 Å². The lowest BCUT2D eigenvalue weighted by atomic mass is 10.0. The Hall–Kier alpha value is -3.74. The third-order valence-electron chi connectivity index (χ3n) is 5.45. The van der Waals surface area contributed by atoms with Gasteiger partial charge in [0.05, 0.1) is 30.2 Å². The molecule has 7 nitrogen and oxygen atoms in total. The second-order valence-electron chi connectivity index (χ2n) is 8.06. The van der Waals surface area contributed by atoms with Crippen molar-refractivity contribution in [3.63, 3.8) is 0 Å². The third kappa shape index (κ3) is 4.61. The van der Waals surface area contributed by atoms with E-state index < -0.39 is 5.97 Å². The van der Waals surface area contributed by atoms with E-state index in [0.717, 1.165) is 28.4 Å². The van der Waals surface area contributed by atoms with Crippen LogP contribution in [0, 0.1) is 0 Å². The lowest BCUT2D eigenvalue weighted by Gasteiger charge is -2.21. The minimum absolute atomic E-state index is 0.124. The number of carboxylic acids is 1. The van der Waals surface area contributed by atoms with Gasteiger partial charge in [-0.15, -0.1) is 0 Å². The van der Waals surface area contributed by atoms with Crippen molar-refractivity contribution in [2.75, 3.05) is 30.4 Å². The summed E-state index contributed by atoms with van der Waals surface area (Å²) >= 11 is 0. The first-order chi connectivity index (χ1) is 15.4. The number of ether oxygens (including phenoxy) is 2. The second kappa shape index (κ2) is 9.18. The number of hydrogen-bond donors (Lipinski definition) is 2. The third-order valence-corrected chi connectivity index (χ3v) is 5.45. The lowest BCUT2D eigenvalue weighted by Crippen LogP contribution is -2.16. The Balaban J connectivity index is 1.45. The van der Waals surface area contributed by atoms with Gasteiger partial charge in [0.1, 0.15) is 11.5 Å². The fraction of sp³-hybridized carbons (Fsp3) is 0.280. The molecule has 0 spiro atoms. The van der Waals surface area contributed by atoms with Gasteiger partial charge < -0.3 is 24.8 Å². The van der Waals surface area contributed by atoms with Crippen molar-refractivity contribution in [1.29, 1.82) is 0 Å². The monoisotopic (exact) mass is 433 g/mol. The van der Waals surface area contributed by atoms with Crippen molar-refractivity contribution in [2.24, 2.45) is 0 Å². The van der Waals surface area contributed by atoms with Gasteiger partial charge in [-0.1, -0.05) is 6.07 Å². The van der Waals surface area contributed by atoms with E-state index in [0.29, 0.717) is 18.8 Å². The Bertz CT molecular complexity index is 1100. The summed E-state index contributed by atoms with van der Waals surface area (Å²) in [6, 6.07) is 15.7. The number of nitrogens with zero attached hydrogens (tertiary/aromatic N) is 2. The molecule has 0 saturated carbocycles. The summed E-state index contributed by atoms with van der Waals surface area (Å²) in [6.45, 7) is 5.12. The summed E-state index contributed by atoms with van der Waals surface area (Å²) in [6.07, 6.45) is 3.16. The predicted molar refractivity (Wildman–Crippen MR) is 125 cm³/mol. The van der Waals surface area contributed by atoms with Gasteiger partial charge in [-0.25, -0.2) is 4.79 Å². The van der Waals surface area contributed by atoms with Crippen molar-refractivity contribution in [2.45, 2.75) is 25.9 Å². The van der Waals surface area contributed by atoms with Gasteiger partial charge in [0.25, 0.3) is 0 Å². The van der Waals surface area contributed by atoms with Crippen LogP contribution in [0.25, 0.3) is 0 Å². The molecule has 0 aliphatic carbocycles. The number of pyridine rings is 1. The summed E-state index contributed by atoms with van der Waals surface area (Å²) in [5, 5.41) is 12.6. The molecule has 7 heteroatoms. The van der Waals surface area contributed by atoms with Crippen LogP contribution in [-0.2, 0) is 0 Å². The van der Waals surface area contributed by atoms with E-state index >= 15 is 0 Å². The minimum Gasteiger partial charge on any atom is -0.493 e. The molecule has 2 N–H and O–H groups in total. The van der Waals surface area contributed by atoms with Gasteiger partial charge in [0.15, 0.2) is 0 Å². The van der Waals surface area contributed by atoms with Crippen LogP contribution >= 0.6 is 0 Å². The molecular weight excluding hydrogens is 406 g/mol. The Morgan fingerprint density at radius 2 is 1.97 bits per heavy atom. The molecule has 32 heavy (non-hydrogen) atoms. The van der Waals surface area contributed by atoms with Crippen LogP contribution < -0.4 is 19.7 Å². The van der Waals surface area contributed by atoms with E-state index in [4.69, 9.17) is 9.47 Å². The van der Waals surface area contributed by atoms with Crippen LogP contribution in [0.4, 0.5) is 17.1 Å². The highest BCUT2D eigenvalue weighted by atomic mass is 16.5. The van der Waals surface area contributed by atoms with Crippen LogP contribution in [0.2, 0.25) is 0 Å². The normalized spacial score (nSPS) is 14.6. The highest BCUT2D eigenvalue weighted by Crippen LogP contribution is 2.38. The molecule has 1 atom stereocenters. The topological polar surface area (TPSA) is 83.9 Å². The number of nitrogens with one attached hydrogen (secondary N) is 1. The molecular formula is C25H27N3O4. The summed E-state index contributed by atoms with van der Waals surface area (Å²) in [5.41, 5.74) is 3.90. The lowest BCUT2D eigenvalue weighted by molar-refractivity contribution is 0.0697. The smallest absolute Gasteiger partial charge is 0.337 e. The van der Waals surface area contributed by atoms with E-state index in [9.17, 15) is 9.90 Å². The molecule has 1 aliphatic heterocycles. The van der Waals surface area contributed by atoms with Crippen molar-refractivity contribution >= 4 is 23.0 Å². The van der Waals surface area contributed by atoms with Crippen LogP contribution in [0.1, 0.15) is 35.7 Å². The number of hydrogen-bond acceptors (Lipinski definition) is 6. The number of aromatic carboxylic acids is 1. The molecule has 1 aliphatic rings. The first-order valence-corrected chi connectivity index (χ1v) is 10.6. The maximum absolute atomic E-state index is 11.4. The van der Waals surface area contributed by atoms with Crippen molar-refractivity contribution in [3.8, 4) is 11.5 Å². The summed E-state index contributed by atoms with van der Waals surface area (Å²) in [5.74, 6) is 0.850. The number of carboxylic acid groups (broad SMARTS) is 1. The first-order valence-electron chi connectivity index (χ1n) is 10.6. The molecule has 0 fully saturated rings. The van der Waals surface area contributed by atoms with E-state index in [1.54, 1.807) is 0 Å². The van der Waals surface area contributed by atoms with E-state index in [1.165, 1.54) is 18.5 Å². The highest BCUT2D eigenvalue weighted by Gasteiger charge is 2.25. The van der Waals surface area contributed by atoms with E-state index in [-0.39, 0.29) is 17.6 Å². The average molecular weight is 434 g/mol. The molecule has 166 valence electrons. The number of carbonyl (C=O) groups is 1. The zero-order valence-corrected chi connectivity index (χ0v) is 18.4. The van der Waals surface area contributed by atoms with Gasteiger partial charge >= 0.3 is 5.97 Å². The van der Waals surface area contributed by atoms with Gasteiger partial charge in [-0.2, -0.15) is 0 Å². The zero-order valence-electron chi connectivity index (χ0n) is 18.4. The Labute approximate surface area is 187 Å². The van der Waals surface area contributed by atoms with Gasteiger partial charge in [0, 0.05) is 48.7 Å². The Kier molecular flexibility index (Phi) is 6.16. The molecule has 3 aromatic rings. The van der Waals surface area contributed by atoms with E-state index in [1.807, 2.05) is 51.2 Å². The van der Waals surface area contributed by atoms with Gasteiger partial charge in [0.2, 0.25) is 0 Å². The second-order valence-corrected chi connectivity index (χ2v) is 8.06. The molecule has 0 unspecified atom stereocenters. The SMILES string of the molecule is CC(C)Oc1ccc(N(C)c2ccc3c(c2)OC[C@H]3CNc2cnccc2C(=O)O)cc1. The van der Waals surface area contributed by atoms with Crippen LogP contribution in [0.5, 0.6) is 11.5 Å². The van der Waals surface area contributed by atoms with E-state index in [2.05, 4.69) is 27.3 Å². The standard InChI is InChI=1S/C25H27N3O4/c1-16(2)32-20-7-4-18(5-8-20)28(3)19-6-9-21-17(15-31-24(21)12-19)13-27-23-14-26-11-10-22(23)25(29)30/h4-12,14,16-17,27H,13,15H2,1-3H3,(H,29,30)/t17-/m1/s1. The van der Waals surface area contributed by atoms with Crippen LogP contribution in [-0.4, -0.2) is 42.4 Å². The van der Waals surface area contributed by atoms with Crippen molar-refractivity contribution in [1.82, 2.24) is 4.98 Å². The predicted octanol–water partition coefficient (Wildman–Crippen LogP) is 4.92. The summed E-state index contributed by atoms with van der Waals surface area (Å²) in [4.78, 5) is 17.5. The molecule has 0 radical (unpaired) electrons. The molecule has 2 heterocycles. The maximum atomic E-state index is 11.4. The number of fused-ring (bicyclic) bond motifs is 1. The number of benzene rings is 2. The number of anilines is 3. The first kappa shape index (κ1) is 21.5. The van der Waals surface area contributed by atoms with Crippen molar-refractivity contribution in [3.05, 3.63) is 72.1 Å². The molecule has 4 rings (SSSR count). The Morgan fingerprint density at radius 3 is 2.69 bits per heavy atom. The maximum Gasteiger partial charge on any atom is 0.337 e. The highest BCUT2D eigenvalue weighted by molar-refractivity contribution is 5.93. The average Bonchev–Trinajstić information content (AvgIpc) is 3.19. The molecule has 1 aromatic heterocycles. The fourth-order valence-corrected chi connectivity index (χ4v) is 3.77. The zero-order chi connectivity index (χ0) is 22.7. The molecule has 0 bridgehead atoms. The number of aromatic nitrogens is 1. The quantitative estimate of drug-likeness (QED) is 0.521. The van der Waals surface area contributed by atoms with Gasteiger partial charge in [-0.3, -0.25) is 4.98 Å². The van der Waals surface area contributed by atoms with Crippen LogP contribution in [0.3, 0.4) is 0 Å². The molecule has 0 saturated heterocycles. The summed E-state index contributed by atoms with van der Waals surface area (Å²) in [7, 11) is 2.02. The van der Waals surface area contributed by atoms with Crippen molar-refractivity contribution < 1.29 is 19.4 Å².